The Bertz CT molecular complexity index is 957. The van der Waals surface area contributed by atoms with E-state index in [4.69, 9.17) is 9.47 Å². The van der Waals surface area contributed by atoms with Crippen molar-refractivity contribution in [2.45, 2.75) is 6.42 Å². The lowest BCUT2D eigenvalue weighted by atomic mass is 10.0. The van der Waals surface area contributed by atoms with Gasteiger partial charge in [0.2, 0.25) is 0 Å². The quantitative estimate of drug-likeness (QED) is 0.476. The second kappa shape index (κ2) is 8.76. The number of benzene rings is 3. The summed E-state index contributed by atoms with van der Waals surface area (Å²) in [5, 5.41) is 2.00. The van der Waals surface area contributed by atoms with Crippen molar-refractivity contribution in [2.75, 3.05) is 13.2 Å². The van der Waals surface area contributed by atoms with Gasteiger partial charge in [0.25, 0.3) is 0 Å². The number of ketones is 1. The van der Waals surface area contributed by atoms with E-state index in [-0.39, 0.29) is 18.8 Å². The summed E-state index contributed by atoms with van der Waals surface area (Å²) < 4.78 is 9.83. The average Bonchev–Trinajstić information content (AvgIpc) is 2.71. The summed E-state index contributed by atoms with van der Waals surface area (Å²) in [6, 6.07) is 21.9. The molecular formula is C22H18O5. The average molecular weight is 362 g/mol. The minimum atomic E-state index is -0.759. The van der Waals surface area contributed by atoms with Crippen LogP contribution >= 0.6 is 0 Å². The molecule has 0 unspecified atom stereocenters. The summed E-state index contributed by atoms with van der Waals surface area (Å²) in [5.41, 5.74) is 1.28. The highest BCUT2D eigenvalue weighted by molar-refractivity contribution is 5.98. The molecule has 0 saturated carbocycles. The Hall–Kier alpha value is -3.47. The lowest BCUT2D eigenvalue weighted by molar-refractivity contribution is -0.157. The first-order valence-corrected chi connectivity index (χ1v) is 8.49. The van der Waals surface area contributed by atoms with E-state index in [9.17, 15) is 14.4 Å². The predicted octanol–water partition coefficient (Wildman–Crippen LogP) is 3.35. The third kappa shape index (κ3) is 5.01. The SMILES string of the molecule is O=C(COC(=O)Cc1cccc2ccccc12)OCC(=O)c1ccccc1. The van der Waals surface area contributed by atoms with Gasteiger partial charge < -0.3 is 9.47 Å². The molecule has 5 nitrogen and oxygen atoms in total. The number of ether oxygens (including phenoxy) is 2. The highest BCUT2D eigenvalue weighted by Gasteiger charge is 2.13. The van der Waals surface area contributed by atoms with Crippen molar-refractivity contribution in [3.05, 3.63) is 83.9 Å². The van der Waals surface area contributed by atoms with Gasteiger partial charge in [-0.1, -0.05) is 72.8 Å². The number of carbonyl (C=O) groups excluding carboxylic acids is 3. The van der Waals surface area contributed by atoms with E-state index in [0.717, 1.165) is 16.3 Å². The molecule has 0 heterocycles. The number of carbonyl (C=O) groups is 3. The lowest BCUT2D eigenvalue weighted by Gasteiger charge is -2.08. The van der Waals surface area contributed by atoms with Crippen LogP contribution in [0.2, 0.25) is 0 Å². The fourth-order valence-corrected chi connectivity index (χ4v) is 2.69. The Balaban J connectivity index is 1.47. The van der Waals surface area contributed by atoms with Crippen molar-refractivity contribution >= 4 is 28.5 Å². The molecule has 27 heavy (non-hydrogen) atoms. The molecule has 3 aromatic rings. The molecule has 0 radical (unpaired) electrons. The number of hydrogen-bond donors (Lipinski definition) is 0. The van der Waals surface area contributed by atoms with Crippen LogP contribution in [0.15, 0.2) is 72.8 Å². The molecule has 0 aliphatic rings. The summed E-state index contributed by atoms with van der Waals surface area (Å²) in [7, 11) is 0. The van der Waals surface area contributed by atoms with Crippen molar-refractivity contribution in [1.29, 1.82) is 0 Å². The van der Waals surface area contributed by atoms with Crippen LogP contribution in [0.25, 0.3) is 10.8 Å². The van der Waals surface area contributed by atoms with Crippen molar-refractivity contribution in [1.82, 2.24) is 0 Å². The molecule has 0 spiro atoms. The monoisotopic (exact) mass is 362 g/mol. The molecule has 0 atom stereocenters. The molecule has 3 aromatic carbocycles. The summed E-state index contributed by atoms with van der Waals surface area (Å²) in [6.07, 6.45) is 0.0532. The highest BCUT2D eigenvalue weighted by Crippen LogP contribution is 2.19. The fraction of sp³-hybridized carbons (Fsp3) is 0.136. The van der Waals surface area contributed by atoms with E-state index in [2.05, 4.69) is 0 Å². The zero-order valence-corrected chi connectivity index (χ0v) is 14.6. The second-order valence-electron chi connectivity index (χ2n) is 5.93. The summed E-state index contributed by atoms with van der Waals surface area (Å²) in [6.45, 7) is -0.907. The standard InChI is InChI=1S/C22H18O5/c23-20(17-8-2-1-3-9-17)14-26-22(25)15-27-21(24)13-18-11-6-10-16-7-4-5-12-19(16)18/h1-12H,13-15H2. The fourth-order valence-electron chi connectivity index (χ4n) is 2.69. The molecule has 0 aliphatic heterocycles. The number of Topliss-reactive ketones (excluding diaryl/α,β-unsaturated/α-hetero) is 1. The number of esters is 2. The molecule has 5 heteroatoms. The van der Waals surface area contributed by atoms with Crippen molar-refractivity contribution < 1.29 is 23.9 Å². The molecule has 0 N–H and O–H groups in total. The van der Waals surface area contributed by atoms with E-state index in [1.165, 1.54) is 0 Å². The largest absolute Gasteiger partial charge is 0.455 e. The lowest BCUT2D eigenvalue weighted by Crippen LogP contribution is -2.20. The molecule has 136 valence electrons. The highest BCUT2D eigenvalue weighted by atomic mass is 16.6. The first-order chi connectivity index (χ1) is 13.1. The van der Waals surface area contributed by atoms with Gasteiger partial charge in [0.1, 0.15) is 0 Å². The third-order valence-electron chi connectivity index (χ3n) is 4.03. The molecule has 3 rings (SSSR count). The number of hydrogen-bond acceptors (Lipinski definition) is 5. The van der Waals surface area contributed by atoms with E-state index in [1.807, 2.05) is 42.5 Å². The number of rotatable bonds is 7. The van der Waals surface area contributed by atoms with Gasteiger partial charge >= 0.3 is 11.9 Å². The molecule has 0 fully saturated rings. The first kappa shape index (κ1) is 18.3. The summed E-state index contributed by atoms with van der Waals surface area (Å²) in [4.78, 5) is 35.6. The maximum absolute atomic E-state index is 12.0. The summed E-state index contributed by atoms with van der Waals surface area (Å²) in [5.74, 6) is -1.60. The van der Waals surface area contributed by atoms with Gasteiger partial charge in [-0.3, -0.25) is 9.59 Å². The predicted molar refractivity (Wildman–Crippen MR) is 100 cm³/mol. The second-order valence-corrected chi connectivity index (χ2v) is 5.93. The van der Waals surface area contributed by atoms with Crippen LogP contribution in [-0.2, 0) is 25.5 Å². The van der Waals surface area contributed by atoms with Crippen LogP contribution < -0.4 is 0 Å². The molecule has 0 amide bonds. The minimum absolute atomic E-state index is 0.0532. The molecule has 0 aliphatic carbocycles. The Morgan fingerprint density at radius 3 is 2.15 bits per heavy atom. The van der Waals surface area contributed by atoms with E-state index in [1.54, 1.807) is 30.3 Å². The Labute approximate surface area is 156 Å². The zero-order chi connectivity index (χ0) is 19.1. The van der Waals surface area contributed by atoms with E-state index >= 15 is 0 Å². The topological polar surface area (TPSA) is 69.7 Å². The molecule has 0 bridgehead atoms. The Morgan fingerprint density at radius 2 is 1.33 bits per heavy atom. The normalized spacial score (nSPS) is 10.4. The van der Waals surface area contributed by atoms with Crippen LogP contribution in [-0.4, -0.2) is 30.9 Å². The van der Waals surface area contributed by atoms with Gasteiger partial charge in [-0.2, -0.15) is 0 Å². The smallest absolute Gasteiger partial charge is 0.344 e. The Morgan fingerprint density at radius 1 is 0.667 bits per heavy atom. The Kier molecular flexibility index (Phi) is 5.94. The van der Waals surface area contributed by atoms with Crippen molar-refractivity contribution in [2.24, 2.45) is 0 Å². The van der Waals surface area contributed by atoms with Crippen LogP contribution in [0.3, 0.4) is 0 Å². The van der Waals surface area contributed by atoms with E-state index in [0.29, 0.717) is 5.56 Å². The van der Waals surface area contributed by atoms with Gasteiger partial charge in [0.05, 0.1) is 6.42 Å². The van der Waals surface area contributed by atoms with Gasteiger partial charge in [-0.25, -0.2) is 4.79 Å². The minimum Gasteiger partial charge on any atom is -0.455 e. The van der Waals surface area contributed by atoms with Crippen LogP contribution in [0.4, 0.5) is 0 Å². The maximum atomic E-state index is 12.0. The van der Waals surface area contributed by atoms with Gasteiger partial charge in [-0.15, -0.1) is 0 Å². The van der Waals surface area contributed by atoms with Crippen molar-refractivity contribution in [3.8, 4) is 0 Å². The molecule has 0 aromatic heterocycles. The zero-order valence-electron chi connectivity index (χ0n) is 14.6. The number of fused-ring (bicyclic) bond motifs is 1. The van der Waals surface area contributed by atoms with Crippen molar-refractivity contribution in [3.63, 3.8) is 0 Å². The molecule has 0 saturated heterocycles. The van der Waals surface area contributed by atoms with Gasteiger partial charge in [-0.05, 0) is 16.3 Å². The van der Waals surface area contributed by atoms with Gasteiger partial charge in [0.15, 0.2) is 19.0 Å². The van der Waals surface area contributed by atoms with E-state index < -0.39 is 18.5 Å². The van der Waals surface area contributed by atoms with Crippen LogP contribution in [0, 0.1) is 0 Å². The van der Waals surface area contributed by atoms with Gasteiger partial charge in [0, 0.05) is 5.56 Å². The first-order valence-electron chi connectivity index (χ1n) is 8.49. The summed E-state index contributed by atoms with van der Waals surface area (Å²) >= 11 is 0. The molecular weight excluding hydrogens is 344 g/mol. The van der Waals surface area contributed by atoms with Crippen LogP contribution in [0.5, 0.6) is 0 Å². The van der Waals surface area contributed by atoms with Crippen LogP contribution in [0.1, 0.15) is 15.9 Å². The third-order valence-corrected chi connectivity index (χ3v) is 4.03. The maximum Gasteiger partial charge on any atom is 0.344 e.